The fourth-order valence-electron chi connectivity index (χ4n) is 2.69. The number of nitrogens with zero attached hydrogens (tertiary/aromatic N) is 1. The first-order valence-corrected chi connectivity index (χ1v) is 7.70. The van der Waals surface area contributed by atoms with Crippen molar-refractivity contribution >= 4 is 5.91 Å². The molecule has 20 heavy (non-hydrogen) atoms. The number of hydrogen-bond donors (Lipinski definition) is 0. The molecule has 0 spiro atoms. The van der Waals surface area contributed by atoms with Crippen LogP contribution in [0.2, 0.25) is 0 Å². The SMILES string of the molecule is Cc1ccc(C(=O)N2CCC[C@@H](OCC3CC3)C2)cc1. The van der Waals surface area contributed by atoms with Crippen molar-refractivity contribution in [3.63, 3.8) is 0 Å². The maximum atomic E-state index is 12.5. The molecule has 2 fully saturated rings. The van der Waals surface area contributed by atoms with Crippen molar-refractivity contribution in [3.8, 4) is 0 Å². The number of amides is 1. The second kappa shape index (κ2) is 5.96. The number of carbonyl (C=O) groups excluding carboxylic acids is 1. The van der Waals surface area contributed by atoms with Crippen LogP contribution in [-0.2, 0) is 4.74 Å². The van der Waals surface area contributed by atoms with Crippen LogP contribution in [0.4, 0.5) is 0 Å². The number of carbonyl (C=O) groups is 1. The Hall–Kier alpha value is -1.35. The van der Waals surface area contributed by atoms with Gasteiger partial charge in [-0.05, 0) is 50.7 Å². The normalized spacial score (nSPS) is 22.9. The minimum atomic E-state index is 0.143. The van der Waals surface area contributed by atoms with E-state index in [1.54, 1.807) is 0 Å². The first kappa shape index (κ1) is 13.6. The molecule has 1 heterocycles. The summed E-state index contributed by atoms with van der Waals surface area (Å²) in [6.45, 7) is 4.53. The summed E-state index contributed by atoms with van der Waals surface area (Å²) in [5.41, 5.74) is 1.98. The molecule has 1 saturated carbocycles. The zero-order valence-electron chi connectivity index (χ0n) is 12.2. The third kappa shape index (κ3) is 3.40. The number of ether oxygens (including phenoxy) is 1. The Labute approximate surface area is 120 Å². The summed E-state index contributed by atoms with van der Waals surface area (Å²) in [7, 11) is 0. The fraction of sp³-hybridized carbons (Fsp3) is 0.588. The summed E-state index contributed by atoms with van der Waals surface area (Å²) in [6.07, 6.45) is 5.01. The zero-order valence-corrected chi connectivity index (χ0v) is 12.2. The number of aryl methyl sites for hydroxylation is 1. The van der Waals surface area contributed by atoms with Gasteiger partial charge in [0, 0.05) is 25.3 Å². The molecule has 0 N–H and O–H groups in total. The second-order valence-corrected chi connectivity index (χ2v) is 6.16. The molecule has 0 radical (unpaired) electrons. The van der Waals surface area contributed by atoms with Crippen molar-refractivity contribution in [1.82, 2.24) is 4.90 Å². The molecular formula is C17H23NO2. The lowest BCUT2D eigenvalue weighted by atomic mass is 10.1. The van der Waals surface area contributed by atoms with Crippen molar-refractivity contribution in [2.45, 2.75) is 38.7 Å². The van der Waals surface area contributed by atoms with Gasteiger partial charge in [-0.25, -0.2) is 0 Å². The van der Waals surface area contributed by atoms with E-state index in [4.69, 9.17) is 4.74 Å². The van der Waals surface area contributed by atoms with Crippen LogP contribution >= 0.6 is 0 Å². The zero-order chi connectivity index (χ0) is 13.9. The monoisotopic (exact) mass is 273 g/mol. The summed E-state index contributed by atoms with van der Waals surface area (Å²) in [4.78, 5) is 14.4. The summed E-state index contributed by atoms with van der Waals surface area (Å²) in [5.74, 6) is 0.933. The van der Waals surface area contributed by atoms with Gasteiger partial charge in [-0.15, -0.1) is 0 Å². The van der Waals surface area contributed by atoms with Crippen molar-refractivity contribution < 1.29 is 9.53 Å². The van der Waals surface area contributed by atoms with Gasteiger partial charge in [0.25, 0.3) is 5.91 Å². The van der Waals surface area contributed by atoms with Gasteiger partial charge >= 0.3 is 0 Å². The molecule has 0 bridgehead atoms. The quantitative estimate of drug-likeness (QED) is 0.844. The third-order valence-corrected chi connectivity index (χ3v) is 4.23. The van der Waals surface area contributed by atoms with E-state index in [2.05, 4.69) is 0 Å². The molecule has 1 aromatic carbocycles. The lowest BCUT2D eigenvalue weighted by Crippen LogP contribution is -2.43. The third-order valence-electron chi connectivity index (χ3n) is 4.23. The molecular weight excluding hydrogens is 250 g/mol. The van der Waals surface area contributed by atoms with E-state index in [0.29, 0.717) is 0 Å². The van der Waals surface area contributed by atoms with E-state index in [-0.39, 0.29) is 12.0 Å². The molecule has 3 nitrogen and oxygen atoms in total. The average Bonchev–Trinajstić information content (AvgIpc) is 3.30. The van der Waals surface area contributed by atoms with Crippen LogP contribution in [0.25, 0.3) is 0 Å². The van der Waals surface area contributed by atoms with Gasteiger partial charge in [0.1, 0.15) is 0 Å². The molecule has 1 amide bonds. The Bertz CT molecular complexity index is 464. The van der Waals surface area contributed by atoms with Gasteiger partial charge in [0.05, 0.1) is 6.10 Å². The smallest absolute Gasteiger partial charge is 0.253 e. The Morgan fingerprint density at radius 3 is 2.70 bits per heavy atom. The molecule has 1 aromatic rings. The topological polar surface area (TPSA) is 29.5 Å². The van der Waals surface area contributed by atoms with E-state index < -0.39 is 0 Å². The molecule has 1 aliphatic heterocycles. The highest BCUT2D eigenvalue weighted by atomic mass is 16.5. The minimum absolute atomic E-state index is 0.143. The molecule has 0 aromatic heterocycles. The predicted molar refractivity (Wildman–Crippen MR) is 78.8 cm³/mol. The first-order chi connectivity index (χ1) is 9.72. The highest BCUT2D eigenvalue weighted by molar-refractivity contribution is 5.94. The number of hydrogen-bond acceptors (Lipinski definition) is 2. The van der Waals surface area contributed by atoms with Crippen LogP contribution in [0, 0.1) is 12.8 Å². The Kier molecular flexibility index (Phi) is 4.06. The van der Waals surface area contributed by atoms with E-state index >= 15 is 0 Å². The van der Waals surface area contributed by atoms with E-state index in [9.17, 15) is 4.79 Å². The van der Waals surface area contributed by atoms with E-state index in [0.717, 1.165) is 44.0 Å². The summed E-state index contributed by atoms with van der Waals surface area (Å²) in [6, 6.07) is 7.84. The standard InChI is InChI=1S/C17H23NO2/c1-13-4-8-15(9-5-13)17(19)18-10-2-3-16(11-18)20-12-14-6-7-14/h4-5,8-9,14,16H,2-3,6-7,10-12H2,1H3/t16-/m1/s1. The molecule has 0 unspecified atom stereocenters. The van der Waals surface area contributed by atoms with Gasteiger partial charge in [0.2, 0.25) is 0 Å². The molecule has 1 aliphatic carbocycles. The Morgan fingerprint density at radius 1 is 1.25 bits per heavy atom. The lowest BCUT2D eigenvalue weighted by Gasteiger charge is -2.32. The van der Waals surface area contributed by atoms with Gasteiger partial charge in [-0.2, -0.15) is 0 Å². The largest absolute Gasteiger partial charge is 0.376 e. The highest BCUT2D eigenvalue weighted by Gasteiger charge is 2.27. The van der Waals surface area contributed by atoms with Gasteiger partial charge in [-0.1, -0.05) is 17.7 Å². The lowest BCUT2D eigenvalue weighted by molar-refractivity contribution is -0.00242. The van der Waals surface area contributed by atoms with Crippen molar-refractivity contribution in [1.29, 1.82) is 0 Å². The van der Waals surface area contributed by atoms with Gasteiger partial charge < -0.3 is 9.64 Å². The first-order valence-electron chi connectivity index (χ1n) is 7.70. The molecule has 3 heteroatoms. The maximum absolute atomic E-state index is 12.5. The van der Waals surface area contributed by atoms with Crippen LogP contribution < -0.4 is 0 Å². The van der Waals surface area contributed by atoms with Crippen LogP contribution in [0.5, 0.6) is 0 Å². The number of likely N-dealkylation sites (tertiary alicyclic amines) is 1. The van der Waals surface area contributed by atoms with Crippen LogP contribution in [-0.4, -0.2) is 36.6 Å². The number of benzene rings is 1. The summed E-state index contributed by atoms with van der Waals surface area (Å²) >= 11 is 0. The van der Waals surface area contributed by atoms with Crippen molar-refractivity contribution in [2.24, 2.45) is 5.92 Å². The van der Waals surface area contributed by atoms with E-state index in [1.165, 1.54) is 18.4 Å². The minimum Gasteiger partial charge on any atom is -0.376 e. The molecule has 108 valence electrons. The molecule has 1 saturated heterocycles. The fourth-order valence-corrected chi connectivity index (χ4v) is 2.69. The van der Waals surface area contributed by atoms with Crippen LogP contribution in [0.15, 0.2) is 24.3 Å². The van der Waals surface area contributed by atoms with Crippen LogP contribution in [0.3, 0.4) is 0 Å². The Balaban J connectivity index is 1.57. The molecule has 3 rings (SSSR count). The van der Waals surface area contributed by atoms with Crippen molar-refractivity contribution in [3.05, 3.63) is 35.4 Å². The van der Waals surface area contributed by atoms with E-state index in [1.807, 2.05) is 36.1 Å². The van der Waals surface area contributed by atoms with Gasteiger partial charge in [0.15, 0.2) is 0 Å². The summed E-state index contributed by atoms with van der Waals surface area (Å²) < 4.78 is 5.95. The average molecular weight is 273 g/mol. The second-order valence-electron chi connectivity index (χ2n) is 6.16. The number of piperidine rings is 1. The molecule has 2 aliphatic rings. The van der Waals surface area contributed by atoms with Crippen molar-refractivity contribution in [2.75, 3.05) is 19.7 Å². The Morgan fingerprint density at radius 2 is 2.00 bits per heavy atom. The number of rotatable bonds is 4. The van der Waals surface area contributed by atoms with Gasteiger partial charge in [-0.3, -0.25) is 4.79 Å². The maximum Gasteiger partial charge on any atom is 0.253 e. The molecule has 1 atom stereocenters. The highest BCUT2D eigenvalue weighted by Crippen LogP contribution is 2.30. The summed E-state index contributed by atoms with van der Waals surface area (Å²) in [5, 5.41) is 0. The predicted octanol–water partition coefficient (Wildman–Crippen LogP) is 3.03. The van der Waals surface area contributed by atoms with Crippen LogP contribution in [0.1, 0.15) is 41.6 Å².